The summed E-state index contributed by atoms with van der Waals surface area (Å²) < 4.78 is 26.8. The molecule has 0 fully saturated rings. The van der Waals surface area contributed by atoms with Gasteiger partial charge in [0, 0.05) is 17.2 Å². The largest absolute Gasteiger partial charge is 0.507 e. The molecule has 0 amide bonds. The standard InChI is InChI=1S/C18H15NO6/c1-21-11-3-4-12(14(20)7-11)13-8-19-25-17(13)10-5-15(22-2)18-16(6-10)23-9-24-18/h3-8,20H,9H2,1-2H3. The van der Waals surface area contributed by atoms with E-state index in [2.05, 4.69) is 5.16 Å². The molecule has 0 unspecified atom stereocenters. The Kier molecular flexibility index (Phi) is 3.61. The Morgan fingerprint density at radius 3 is 2.68 bits per heavy atom. The first-order valence-electron chi connectivity index (χ1n) is 7.51. The molecule has 0 saturated heterocycles. The zero-order valence-electron chi connectivity index (χ0n) is 13.6. The van der Waals surface area contributed by atoms with Crippen LogP contribution in [0.2, 0.25) is 0 Å². The van der Waals surface area contributed by atoms with Crippen LogP contribution in [0.15, 0.2) is 41.1 Å². The maximum atomic E-state index is 10.3. The van der Waals surface area contributed by atoms with Crippen molar-refractivity contribution in [2.45, 2.75) is 0 Å². The fourth-order valence-corrected chi connectivity index (χ4v) is 2.77. The lowest BCUT2D eigenvalue weighted by molar-refractivity contribution is 0.171. The average Bonchev–Trinajstić information content (AvgIpc) is 3.29. The summed E-state index contributed by atoms with van der Waals surface area (Å²) in [5, 5.41) is 14.2. The minimum Gasteiger partial charge on any atom is -0.507 e. The van der Waals surface area contributed by atoms with Gasteiger partial charge in [0.15, 0.2) is 17.3 Å². The molecule has 7 heteroatoms. The number of ether oxygens (including phenoxy) is 4. The van der Waals surface area contributed by atoms with E-state index < -0.39 is 0 Å². The van der Waals surface area contributed by atoms with Crippen LogP contribution < -0.4 is 18.9 Å². The van der Waals surface area contributed by atoms with Crippen molar-refractivity contribution in [3.05, 3.63) is 36.5 Å². The van der Waals surface area contributed by atoms with Crippen molar-refractivity contribution in [3.63, 3.8) is 0 Å². The van der Waals surface area contributed by atoms with Gasteiger partial charge in [-0.1, -0.05) is 5.16 Å². The summed E-state index contributed by atoms with van der Waals surface area (Å²) in [6, 6.07) is 8.60. The molecular weight excluding hydrogens is 326 g/mol. The van der Waals surface area contributed by atoms with E-state index in [0.717, 1.165) is 0 Å². The number of fused-ring (bicyclic) bond motifs is 1. The van der Waals surface area contributed by atoms with Crippen molar-refractivity contribution in [2.24, 2.45) is 0 Å². The molecule has 1 aliphatic heterocycles. The van der Waals surface area contributed by atoms with Crippen LogP contribution in [0, 0.1) is 0 Å². The van der Waals surface area contributed by atoms with E-state index in [4.69, 9.17) is 23.5 Å². The first kappa shape index (κ1) is 15.2. The maximum absolute atomic E-state index is 10.3. The molecule has 2 aromatic carbocycles. The molecule has 0 bridgehead atoms. The average molecular weight is 341 g/mol. The quantitative estimate of drug-likeness (QED) is 0.778. The van der Waals surface area contributed by atoms with E-state index >= 15 is 0 Å². The Morgan fingerprint density at radius 1 is 1.04 bits per heavy atom. The first-order chi connectivity index (χ1) is 12.2. The van der Waals surface area contributed by atoms with Gasteiger partial charge in [-0.25, -0.2) is 0 Å². The third kappa shape index (κ3) is 2.50. The topological polar surface area (TPSA) is 83.2 Å². The molecule has 0 radical (unpaired) electrons. The number of nitrogens with zero attached hydrogens (tertiary/aromatic N) is 1. The highest BCUT2D eigenvalue weighted by atomic mass is 16.7. The Hall–Kier alpha value is -3.35. The Morgan fingerprint density at radius 2 is 1.92 bits per heavy atom. The highest BCUT2D eigenvalue weighted by Crippen LogP contribution is 2.46. The van der Waals surface area contributed by atoms with Crippen LogP contribution >= 0.6 is 0 Å². The molecule has 4 rings (SSSR count). The van der Waals surface area contributed by atoms with Crippen LogP contribution in [0.5, 0.6) is 28.7 Å². The lowest BCUT2D eigenvalue weighted by Gasteiger charge is -2.09. The number of benzene rings is 2. The Labute approximate surface area is 143 Å². The van der Waals surface area contributed by atoms with Gasteiger partial charge in [-0.2, -0.15) is 0 Å². The van der Waals surface area contributed by atoms with E-state index in [1.165, 1.54) is 13.2 Å². The van der Waals surface area contributed by atoms with E-state index in [9.17, 15) is 5.11 Å². The van der Waals surface area contributed by atoms with Gasteiger partial charge in [0.1, 0.15) is 11.5 Å². The van der Waals surface area contributed by atoms with Crippen LogP contribution in [-0.2, 0) is 0 Å². The second kappa shape index (κ2) is 5.94. The zero-order valence-corrected chi connectivity index (χ0v) is 13.6. The summed E-state index contributed by atoms with van der Waals surface area (Å²) in [4.78, 5) is 0. The van der Waals surface area contributed by atoms with Gasteiger partial charge in [0.25, 0.3) is 0 Å². The van der Waals surface area contributed by atoms with E-state index in [1.807, 2.05) is 0 Å². The summed E-state index contributed by atoms with van der Waals surface area (Å²) in [7, 11) is 3.09. The highest BCUT2D eigenvalue weighted by molar-refractivity contribution is 5.84. The number of methoxy groups -OCH3 is 2. The smallest absolute Gasteiger partial charge is 0.231 e. The number of hydrogen-bond acceptors (Lipinski definition) is 7. The first-order valence-corrected chi connectivity index (χ1v) is 7.51. The summed E-state index contributed by atoms with van der Waals surface area (Å²) in [6.45, 7) is 0.137. The maximum Gasteiger partial charge on any atom is 0.231 e. The van der Waals surface area contributed by atoms with E-state index in [-0.39, 0.29) is 12.5 Å². The third-order valence-electron chi connectivity index (χ3n) is 3.99. The predicted octanol–water partition coefficient (Wildman–Crippen LogP) is 3.46. The van der Waals surface area contributed by atoms with Crippen molar-refractivity contribution in [1.82, 2.24) is 5.16 Å². The molecule has 0 aliphatic carbocycles. The molecular formula is C18H15NO6. The monoisotopic (exact) mass is 341 g/mol. The van der Waals surface area contributed by atoms with Crippen LogP contribution in [-0.4, -0.2) is 31.3 Å². The SMILES string of the molecule is COc1ccc(-c2cnoc2-c2cc(OC)c3c(c2)OCO3)c(O)c1. The van der Waals surface area contributed by atoms with Crippen LogP contribution in [0.25, 0.3) is 22.5 Å². The normalized spacial score (nSPS) is 12.2. The predicted molar refractivity (Wildman–Crippen MR) is 88.3 cm³/mol. The Bertz CT molecular complexity index is 933. The Balaban J connectivity index is 1.83. The van der Waals surface area contributed by atoms with Crippen LogP contribution in [0.3, 0.4) is 0 Å². The summed E-state index contributed by atoms with van der Waals surface area (Å²) >= 11 is 0. The molecule has 1 N–H and O–H groups in total. The summed E-state index contributed by atoms with van der Waals surface area (Å²) in [5.41, 5.74) is 1.92. The van der Waals surface area contributed by atoms with Crippen LogP contribution in [0.1, 0.15) is 0 Å². The summed E-state index contributed by atoms with van der Waals surface area (Å²) in [6.07, 6.45) is 1.55. The molecule has 0 spiro atoms. The van der Waals surface area contributed by atoms with Gasteiger partial charge in [-0.3, -0.25) is 0 Å². The molecule has 1 aliphatic rings. The second-order valence-electron chi connectivity index (χ2n) is 5.36. The number of aromatic hydroxyl groups is 1. The van der Waals surface area contributed by atoms with Gasteiger partial charge in [0.05, 0.1) is 26.0 Å². The fourth-order valence-electron chi connectivity index (χ4n) is 2.77. The van der Waals surface area contributed by atoms with Crippen molar-refractivity contribution < 1.29 is 28.6 Å². The molecule has 3 aromatic rings. The third-order valence-corrected chi connectivity index (χ3v) is 3.99. The fraction of sp³-hybridized carbons (Fsp3) is 0.167. The molecule has 128 valence electrons. The van der Waals surface area contributed by atoms with Crippen molar-refractivity contribution in [3.8, 4) is 51.2 Å². The van der Waals surface area contributed by atoms with Crippen molar-refractivity contribution in [2.75, 3.05) is 21.0 Å². The number of rotatable bonds is 4. The minimum absolute atomic E-state index is 0.0662. The zero-order chi connectivity index (χ0) is 17.4. The molecule has 0 atom stereocenters. The van der Waals surface area contributed by atoms with Gasteiger partial charge in [-0.05, 0) is 24.3 Å². The van der Waals surface area contributed by atoms with Gasteiger partial charge in [-0.15, -0.1) is 0 Å². The lowest BCUT2D eigenvalue weighted by Crippen LogP contribution is -1.93. The van der Waals surface area contributed by atoms with Gasteiger partial charge >= 0.3 is 0 Å². The molecule has 1 aromatic heterocycles. The number of hydrogen-bond donors (Lipinski definition) is 1. The molecule has 0 saturated carbocycles. The molecule has 7 nitrogen and oxygen atoms in total. The lowest BCUT2D eigenvalue weighted by atomic mass is 10.0. The highest BCUT2D eigenvalue weighted by Gasteiger charge is 2.24. The van der Waals surface area contributed by atoms with E-state index in [0.29, 0.717) is 45.4 Å². The summed E-state index contributed by atoms with van der Waals surface area (Å²) in [5.74, 6) is 2.76. The number of aromatic nitrogens is 1. The van der Waals surface area contributed by atoms with Gasteiger partial charge < -0.3 is 28.6 Å². The molecule has 25 heavy (non-hydrogen) atoms. The van der Waals surface area contributed by atoms with Crippen LogP contribution in [0.4, 0.5) is 0 Å². The second-order valence-corrected chi connectivity index (χ2v) is 5.36. The van der Waals surface area contributed by atoms with Crippen molar-refractivity contribution in [1.29, 1.82) is 0 Å². The minimum atomic E-state index is 0.0662. The van der Waals surface area contributed by atoms with Crippen molar-refractivity contribution >= 4 is 0 Å². The van der Waals surface area contributed by atoms with E-state index in [1.54, 1.807) is 37.6 Å². The molecule has 2 heterocycles. The van der Waals surface area contributed by atoms with Gasteiger partial charge in [0.2, 0.25) is 12.5 Å². The number of phenolic OH excluding ortho intramolecular Hbond substituents is 1. The number of phenols is 1.